The number of phenols is 1. The van der Waals surface area contributed by atoms with Gasteiger partial charge >= 0.3 is 0 Å². The van der Waals surface area contributed by atoms with E-state index in [-0.39, 0.29) is 23.9 Å². The molecule has 1 aromatic heterocycles. The van der Waals surface area contributed by atoms with E-state index in [9.17, 15) is 24.9 Å². The Morgan fingerprint density at radius 1 is 0.966 bits per heavy atom. The van der Waals surface area contributed by atoms with Crippen molar-refractivity contribution in [2.24, 2.45) is 17.8 Å². The molecule has 0 spiro atoms. The number of carbonyl (C=O) groups is 2. The molecule has 0 bridgehead atoms. The number of aliphatic hydroxyl groups is 2. The van der Waals surface area contributed by atoms with Crippen molar-refractivity contribution in [3.8, 4) is 23.3 Å². The van der Waals surface area contributed by atoms with Gasteiger partial charge < -0.3 is 31.1 Å². The summed E-state index contributed by atoms with van der Waals surface area (Å²) in [7, 11) is 1.51. The minimum Gasteiger partial charge on any atom is -0.504 e. The van der Waals surface area contributed by atoms with Crippen LogP contribution < -0.4 is 15.8 Å². The van der Waals surface area contributed by atoms with Crippen LogP contribution in [-0.4, -0.2) is 63.8 Å². The molecule has 6 N–H and O–H groups in total. The van der Waals surface area contributed by atoms with Gasteiger partial charge in [0.25, 0.3) is 0 Å². The third-order valence-corrected chi connectivity index (χ3v) is 13.4. The molecule has 312 valence electrons. The maximum absolute atomic E-state index is 13.7. The number of nitrogens with one attached hydrogen (secondary N) is 1. The summed E-state index contributed by atoms with van der Waals surface area (Å²) >= 11 is 0. The van der Waals surface area contributed by atoms with E-state index < -0.39 is 24.0 Å². The highest BCUT2D eigenvalue weighted by Gasteiger charge is 2.35. The second-order valence-electron chi connectivity index (χ2n) is 17.3. The minimum atomic E-state index is -0.883. The number of Topliss-reactive ketones (excluding diaryl/α,β-unsaturated/α-hetero) is 2. The van der Waals surface area contributed by atoms with Gasteiger partial charge in [0.15, 0.2) is 17.3 Å². The highest BCUT2D eigenvalue weighted by molar-refractivity contribution is 5.85. The van der Waals surface area contributed by atoms with E-state index in [0.717, 1.165) is 83.7 Å². The average molecular weight is 800 g/mol. The number of aromatic hydroxyl groups is 1. The number of rotatable bonds is 15. The zero-order valence-corrected chi connectivity index (χ0v) is 34.7. The Morgan fingerprint density at radius 2 is 1.80 bits per heavy atom. The molecule has 8 atom stereocenters. The number of nitrogens with zero attached hydrogens (tertiary/aromatic N) is 1. The van der Waals surface area contributed by atoms with Crippen molar-refractivity contribution in [3.63, 3.8) is 0 Å². The van der Waals surface area contributed by atoms with Gasteiger partial charge in [-0.3, -0.25) is 9.59 Å². The summed E-state index contributed by atoms with van der Waals surface area (Å²) in [5, 5.41) is 40.2. The molecule has 59 heavy (non-hydrogen) atoms. The first kappa shape index (κ1) is 42.4. The maximum atomic E-state index is 13.7. The van der Waals surface area contributed by atoms with Gasteiger partial charge in [0.1, 0.15) is 17.5 Å². The number of methoxy groups -OCH3 is 1. The lowest BCUT2D eigenvalue weighted by molar-refractivity contribution is -0.124. The van der Waals surface area contributed by atoms with Crippen LogP contribution in [0, 0.1) is 29.6 Å². The molecule has 3 aliphatic rings. The number of aryl methyl sites for hydroxylation is 2. The van der Waals surface area contributed by atoms with Crippen LogP contribution in [0.25, 0.3) is 10.8 Å². The van der Waals surface area contributed by atoms with Crippen LogP contribution in [0.5, 0.6) is 11.5 Å². The highest BCUT2D eigenvalue weighted by Crippen LogP contribution is 2.39. The molecule has 2 aliphatic carbocycles. The molecule has 0 amide bonds. The van der Waals surface area contributed by atoms with E-state index in [2.05, 4.69) is 59.4 Å². The van der Waals surface area contributed by atoms with Gasteiger partial charge in [0.2, 0.25) is 0 Å². The molecule has 9 nitrogen and oxygen atoms in total. The van der Waals surface area contributed by atoms with E-state index in [1.165, 1.54) is 7.11 Å². The summed E-state index contributed by atoms with van der Waals surface area (Å²) in [6.45, 7) is 3.03. The number of aliphatic hydroxyl groups excluding tert-OH is 2. The summed E-state index contributed by atoms with van der Waals surface area (Å²) in [6, 6.07) is 20.5. The molecule has 1 saturated carbocycles. The third-order valence-electron chi connectivity index (χ3n) is 13.4. The van der Waals surface area contributed by atoms with Gasteiger partial charge in [-0.15, -0.1) is 0 Å². The molecule has 9 heteroatoms. The van der Waals surface area contributed by atoms with Gasteiger partial charge in [0, 0.05) is 43.3 Å². The van der Waals surface area contributed by atoms with E-state index in [1.54, 1.807) is 12.1 Å². The molecule has 0 radical (unpaired) electrons. The Morgan fingerprint density at radius 3 is 2.61 bits per heavy atom. The van der Waals surface area contributed by atoms with Crippen LogP contribution in [0.15, 0.2) is 66.9 Å². The summed E-state index contributed by atoms with van der Waals surface area (Å²) in [4.78, 5) is 30.0. The summed E-state index contributed by atoms with van der Waals surface area (Å²) in [5.41, 5.74) is 11.2. The van der Waals surface area contributed by atoms with Gasteiger partial charge in [-0.05, 0) is 133 Å². The lowest BCUT2D eigenvalue weighted by Gasteiger charge is -2.39. The van der Waals surface area contributed by atoms with Crippen molar-refractivity contribution >= 4 is 28.2 Å². The van der Waals surface area contributed by atoms with Crippen molar-refractivity contribution in [2.75, 3.05) is 19.4 Å². The zero-order chi connectivity index (χ0) is 41.5. The fraction of sp³-hybridized carbons (Fsp3) is 0.500. The number of carbonyl (C=O) groups excluding carboxylic acids is 2. The first-order valence-corrected chi connectivity index (χ1v) is 21.9. The number of benzene rings is 3. The number of piperidine rings is 1. The quantitative estimate of drug-likeness (QED) is 0.0596. The van der Waals surface area contributed by atoms with Crippen molar-refractivity contribution in [3.05, 3.63) is 94.7 Å². The molecule has 2 fully saturated rings. The molecule has 2 heterocycles. The topological polar surface area (TPSA) is 155 Å². The molecule has 4 aromatic rings. The first-order chi connectivity index (χ1) is 28.6. The van der Waals surface area contributed by atoms with E-state index >= 15 is 0 Å². The number of nitrogens with two attached hydrogens (primary N) is 1. The first-order valence-electron chi connectivity index (χ1n) is 21.9. The Balaban J connectivity index is 1.06. The fourth-order valence-electron chi connectivity index (χ4n) is 9.97. The summed E-state index contributed by atoms with van der Waals surface area (Å²) < 4.78 is 5.46. The second kappa shape index (κ2) is 19.5. The van der Waals surface area contributed by atoms with E-state index in [1.807, 2.05) is 24.4 Å². The monoisotopic (exact) mass is 799 g/mol. The summed E-state index contributed by atoms with van der Waals surface area (Å²) in [5.74, 6) is 7.47. The number of phenolic OH excluding ortho intramolecular Hbond substituents is 1. The molecular formula is C50H61N3O6. The number of hydrogen-bond donors (Lipinski definition) is 5. The number of ether oxygens (including phenoxy) is 1. The minimum absolute atomic E-state index is 0.000146. The number of pyridine rings is 1. The van der Waals surface area contributed by atoms with Crippen LogP contribution in [0.1, 0.15) is 124 Å². The Bertz CT molecular complexity index is 2180. The van der Waals surface area contributed by atoms with Crippen molar-refractivity contribution in [2.45, 2.75) is 127 Å². The Hall–Kier alpha value is -4.75. The smallest absolute Gasteiger partial charge is 0.160 e. The van der Waals surface area contributed by atoms with Crippen molar-refractivity contribution in [1.82, 2.24) is 10.3 Å². The molecule has 3 aromatic carbocycles. The van der Waals surface area contributed by atoms with Crippen LogP contribution in [-0.2, 0) is 22.4 Å². The number of unbranched alkanes of at least 4 members (excludes halogenated alkanes) is 1. The molecule has 7 rings (SSSR count). The van der Waals surface area contributed by atoms with Crippen molar-refractivity contribution in [1.29, 1.82) is 0 Å². The second-order valence-corrected chi connectivity index (χ2v) is 17.3. The Labute approximate surface area is 349 Å². The Kier molecular flexibility index (Phi) is 14.0. The van der Waals surface area contributed by atoms with Crippen LogP contribution in [0.2, 0.25) is 0 Å². The van der Waals surface area contributed by atoms with Gasteiger partial charge in [-0.1, -0.05) is 74.1 Å². The number of aromatic nitrogens is 1. The fourth-order valence-corrected chi connectivity index (χ4v) is 9.97. The number of nitrogen functional groups attached to an aromatic ring is 1. The summed E-state index contributed by atoms with van der Waals surface area (Å²) in [6.07, 6.45) is 9.85. The highest BCUT2D eigenvalue weighted by atomic mass is 16.5. The van der Waals surface area contributed by atoms with E-state index in [4.69, 9.17) is 10.5 Å². The zero-order valence-electron chi connectivity index (χ0n) is 34.7. The molecule has 1 aliphatic heterocycles. The van der Waals surface area contributed by atoms with Crippen LogP contribution in [0.3, 0.4) is 0 Å². The van der Waals surface area contributed by atoms with Crippen LogP contribution >= 0.6 is 0 Å². The lowest BCUT2D eigenvalue weighted by atomic mass is 9.74. The molecule has 1 saturated heterocycles. The SMILES string of the molecule is CCc1cnc(N)cc1C(CC(O)CCC1C#CC(C(O)CCCCC2CNC3CC(=O)CCC3C2)C(=O)CCc2cc(OC)c(O)cc21)c1ccc2ccccc2c1. The molecule has 8 unspecified atom stereocenters. The van der Waals surface area contributed by atoms with Gasteiger partial charge in [-0.25, -0.2) is 4.98 Å². The largest absolute Gasteiger partial charge is 0.504 e. The predicted octanol–water partition coefficient (Wildman–Crippen LogP) is 7.94. The average Bonchev–Trinajstić information content (AvgIpc) is 3.30. The van der Waals surface area contributed by atoms with Crippen LogP contribution in [0.4, 0.5) is 5.82 Å². The van der Waals surface area contributed by atoms with Gasteiger partial charge in [0.05, 0.1) is 19.3 Å². The number of fused-ring (bicyclic) bond motifs is 3. The number of hydrogen-bond acceptors (Lipinski definition) is 9. The molecular weight excluding hydrogens is 739 g/mol. The normalized spacial score (nSPS) is 23.4. The van der Waals surface area contributed by atoms with Gasteiger partial charge in [-0.2, -0.15) is 0 Å². The number of ketones is 2. The van der Waals surface area contributed by atoms with Crippen molar-refractivity contribution < 1.29 is 29.6 Å². The predicted molar refractivity (Wildman–Crippen MR) is 232 cm³/mol. The maximum Gasteiger partial charge on any atom is 0.160 e. The number of anilines is 1. The van der Waals surface area contributed by atoms with E-state index in [0.29, 0.717) is 80.2 Å². The standard InChI is InChI=1S/C50H61N3O6/c1-3-32-30-53-50(51)28-44(32)43(36-13-12-33-9-5-6-10-35(33)23-36)25-39(54)18-14-34-16-20-41(47(57)21-17-37-24-49(59-2)48(58)27-42(34)37)46(56)11-7-4-8-31-22-38-15-19-40(55)26-45(38)52-29-31/h5-6,9-10,12-13,23-24,27-28,30-31,34,38-39,41,43,45-46,52,54,56,58H,3-4,7-8,11,14-15,17-19,21-22,25-26,29H2,1-2H3,(H2,51,53). The lowest BCUT2D eigenvalue weighted by Crippen LogP contribution is -2.48. The third kappa shape index (κ3) is 10.3.